The first-order chi connectivity index (χ1) is 13.3. The van der Waals surface area contributed by atoms with Crippen LogP contribution in [0.5, 0.6) is 0 Å². The highest BCUT2D eigenvalue weighted by Crippen LogP contribution is 2.25. The van der Waals surface area contributed by atoms with Gasteiger partial charge in [-0.05, 0) is 18.6 Å². The Hall–Kier alpha value is -2.97. The summed E-state index contributed by atoms with van der Waals surface area (Å²) in [5.41, 5.74) is 2.05. The molecule has 1 aromatic heterocycles. The summed E-state index contributed by atoms with van der Waals surface area (Å²) < 4.78 is 31.4. The van der Waals surface area contributed by atoms with Gasteiger partial charge in [0.05, 0.1) is 4.90 Å². The lowest BCUT2D eigenvalue weighted by atomic mass is 10.1. The van der Waals surface area contributed by atoms with Crippen LogP contribution in [0.3, 0.4) is 0 Å². The molecule has 0 spiro atoms. The van der Waals surface area contributed by atoms with E-state index >= 15 is 0 Å². The molecule has 1 amide bonds. The molecule has 1 heterocycles. The molecule has 0 fully saturated rings. The van der Waals surface area contributed by atoms with E-state index in [9.17, 15) is 13.2 Å². The Morgan fingerprint density at radius 2 is 1.71 bits per heavy atom. The van der Waals surface area contributed by atoms with Crippen molar-refractivity contribution in [2.75, 3.05) is 14.1 Å². The van der Waals surface area contributed by atoms with Crippen molar-refractivity contribution < 1.29 is 17.7 Å². The third-order valence-corrected chi connectivity index (χ3v) is 6.22. The summed E-state index contributed by atoms with van der Waals surface area (Å²) in [5.74, 6) is 0.0141. The molecule has 8 heteroatoms. The Kier molecular flexibility index (Phi) is 5.62. The molecule has 2 aromatic carbocycles. The zero-order chi connectivity index (χ0) is 20.3. The van der Waals surface area contributed by atoms with Gasteiger partial charge in [0, 0.05) is 26.2 Å². The minimum Gasteiger partial charge on any atom is -0.360 e. The van der Waals surface area contributed by atoms with Crippen LogP contribution in [0.25, 0.3) is 11.3 Å². The Bertz CT molecular complexity index is 1090. The molecule has 3 rings (SSSR count). The summed E-state index contributed by atoms with van der Waals surface area (Å²) in [6, 6.07) is 15.8. The van der Waals surface area contributed by atoms with Crippen molar-refractivity contribution in [1.82, 2.24) is 14.8 Å². The zero-order valence-electron chi connectivity index (χ0n) is 15.8. The van der Waals surface area contributed by atoms with E-state index < -0.39 is 10.0 Å². The number of rotatable bonds is 6. The van der Waals surface area contributed by atoms with Gasteiger partial charge >= 0.3 is 0 Å². The maximum atomic E-state index is 12.8. The Morgan fingerprint density at radius 1 is 1.07 bits per heavy atom. The number of carbonyl (C=O) groups is 1. The fraction of sp³-hybridized carbons (Fsp3) is 0.200. The van der Waals surface area contributed by atoms with Gasteiger partial charge in [0.25, 0.3) is 5.91 Å². The number of aromatic nitrogens is 1. The lowest BCUT2D eigenvalue weighted by Gasteiger charge is -2.15. The van der Waals surface area contributed by atoms with Crippen LogP contribution in [-0.4, -0.2) is 37.9 Å². The predicted molar refractivity (Wildman–Crippen MR) is 105 cm³/mol. The molecule has 1 N–H and O–H groups in total. The van der Waals surface area contributed by atoms with Gasteiger partial charge in [-0.15, -0.1) is 0 Å². The summed E-state index contributed by atoms with van der Waals surface area (Å²) in [7, 11) is -0.678. The van der Waals surface area contributed by atoms with Crippen molar-refractivity contribution in [3.05, 3.63) is 71.5 Å². The summed E-state index contributed by atoms with van der Waals surface area (Å²) in [6.07, 6.45) is 0. The second-order valence-corrected chi connectivity index (χ2v) is 8.53. The van der Waals surface area contributed by atoms with Crippen molar-refractivity contribution in [2.45, 2.75) is 18.4 Å². The lowest BCUT2D eigenvalue weighted by Crippen LogP contribution is -2.27. The number of sulfonamides is 1. The van der Waals surface area contributed by atoms with Gasteiger partial charge in [-0.3, -0.25) is 4.79 Å². The number of nitrogens with zero attached hydrogens (tertiary/aromatic N) is 2. The number of carbonyl (C=O) groups excluding carboxylic acids is 1. The molecule has 28 heavy (non-hydrogen) atoms. The minimum absolute atomic E-state index is 0.0565. The van der Waals surface area contributed by atoms with Crippen LogP contribution in [0.1, 0.15) is 21.7 Å². The number of aryl methyl sites for hydroxylation is 1. The van der Waals surface area contributed by atoms with Crippen molar-refractivity contribution in [2.24, 2.45) is 0 Å². The fourth-order valence-electron chi connectivity index (χ4n) is 2.79. The molecule has 0 aliphatic heterocycles. The Morgan fingerprint density at radius 3 is 2.39 bits per heavy atom. The van der Waals surface area contributed by atoms with E-state index in [1.54, 1.807) is 25.1 Å². The quantitative estimate of drug-likeness (QED) is 0.688. The van der Waals surface area contributed by atoms with E-state index in [0.717, 1.165) is 9.87 Å². The molecule has 146 valence electrons. The summed E-state index contributed by atoms with van der Waals surface area (Å²) in [5, 5.41) is 6.79. The molecule has 0 aliphatic rings. The molecule has 0 unspecified atom stereocenters. The van der Waals surface area contributed by atoms with E-state index in [1.807, 2.05) is 30.3 Å². The average molecular weight is 399 g/mol. The maximum Gasteiger partial charge on any atom is 0.257 e. The number of hydrogen-bond acceptors (Lipinski definition) is 5. The first-order valence-electron chi connectivity index (χ1n) is 8.62. The van der Waals surface area contributed by atoms with Gasteiger partial charge in [-0.25, -0.2) is 12.7 Å². The van der Waals surface area contributed by atoms with E-state index in [1.165, 1.54) is 20.2 Å². The summed E-state index contributed by atoms with van der Waals surface area (Å²) in [4.78, 5) is 13.0. The van der Waals surface area contributed by atoms with Crippen LogP contribution in [0.4, 0.5) is 0 Å². The highest BCUT2D eigenvalue weighted by molar-refractivity contribution is 7.89. The molecule has 0 saturated heterocycles. The second-order valence-electron chi connectivity index (χ2n) is 6.41. The molecule has 0 atom stereocenters. The molecule has 0 saturated carbocycles. The first-order valence-corrected chi connectivity index (χ1v) is 10.1. The van der Waals surface area contributed by atoms with Crippen LogP contribution in [-0.2, 0) is 16.6 Å². The number of hydrogen-bond donors (Lipinski definition) is 1. The molecular weight excluding hydrogens is 378 g/mol. The van der Waals surface area contributed by atoms with Crippen LogP contribution >= 0.6 is 0 Å². The number of amides is 1. The van der Waals surface area contributed by atoms with Crippen LogP contribution in [0.2, 0.25) is 0 Å². The smallest absolute Gasteiger partial charge is 0.257 e. The topological polar surface area (TPSA) is 92.5 Å². The highest BCUT2D eigenvalue weighted by Gasteiger charge is 2.23. The van der Waals surface area contributed by atoms with Crippen LogP contribution < -0.4 is 5.32 Å². The molecule has 3 aromatic rings. The minimum atomic E-state index is -3.62. The number of nitrogens with one attached hydrogen (secondary N) is 1. The molecule has 0 bridgehead atoms. The fourth-order valence-corrected chi connectivity index (χ4v) is 3.91. The predicted octanol–water partition coefficient (Wildman–Crippen LogP) is 2.83. The molecular formula is C20H21N3O4S. The van der Waals surface area contributed by atoms with Crippen molar-refractivity contribution in [3.63, 3.8) is 0 Å². The van der Waals surface area contributed by atoms with Gasteiger partial charge in [-0.1, -0.05) is 53.7 Å². The van der Waals surface area contributed by atoms with E-state index in [2.05, 4.69) is 10.5 Å². The van der Waals surface area contributed by atoms with Gasteiger partial charge in [0.15, 0.2) is 0 Å². The van der Waals surface area contributed by atoms with Crippen LogP contribution in [0, 0.1) is 6.92 Å². The molecule has 7 nitrogen and oxygen atoms in total. The van der Waals surface area contributed by atoms with Gasteiger partial charge < -0.3 is 9.84 Å². The monoisotopic (exact) mass is 399 g/mol. The Balaban J connectivity index is 1.87. The normalized spacial score (nSPS) is 11.6. The van der Waals surface area contributed by atoms with Gasteiger partial charge in [0.2, 0.25) is 10.0 Å². The average Bonchev–Trinajstić information content (AvgIpc) is 3.08. The van der Waals surface area contributed by atoms with E-state index in [-0.39, 0.29) is 17.3 Å². The van der Waals surface area contributed by atoms with Crippen molar-refractivity contribution >= 4 is 15.9 Å². The Labute approximate surface area is 164 Å². The SMILES string of the molecule is Cc1onc(-c2ccccc2)c1C(=O)NCc1ccccc1S(=O)(=O)N(C)C. The van der Waals surface area contributed by atoms with E-state index in [4.69, 9.17) is 4.52 Å². The first kappa shape index (κ1) is 19.8. The third kappa shape index (κ3) is 3.83. The standard InChI is InChI=1S/C20H21N3O4S/c1-14-18(19(22-27-14)15-9-5-4-6-10-15)20(24)21-13-16-11-7-8-12-17(16)28(25,26)23(2)3/h4-12H,13H2,1-3H3,(H,21,24). The van der Waals surface area contributed by atoms with Gasteiger partial charge in [-0.2, -0.15) is 0 Å². The summed E-state index contributed by atoms with van der Waals surface area (Å²) >= 11 is 0. The molecule has 0 radical (unpaired) electrons. The largest absolute Gasteiger partial charge is 0.360 e. The molecule has 0 aliphatic carbocycles. The van der Waals surface area contributed by atoms with Crippen molar-refractivity contribution in [3.8, 4) is 11.3 Å². The lowest BCUT2D eigenvalue weighted by molar-refractivity contribution is 0.0949. The number of benzene rings is 2. The van der Waals surface area contributed by atoms with Gasteiger partial charge in [0.1, 0.15) is 17.0 Å². The van der Waals surface area contributed by atoms with Crippen LogP contribution in [0.15, 0.2) is 64.0 Å². The zero-order valence-corrected chi connectivity index (χ0v) is 16.7. The second kappa shape index (κ2) is 7.95. The maximum absolute atomic E-state index is 12.8. The van der Waals surface area contributed by atoms with E-state index in [0.29, 0.717) is 22.6 Å². The third-order valence-electron chi connectivity index (χ3n) is 4.31. The van der Waals surface area contributed by atoms with Crippen molar-refractivity contribution in [1.29, 1.82) is 0 Å². The summed E-state index contributed by atoms with van der Waals surface area (Å²) in [6.45, 7) is 1.72. The highest BCUT2D eigenvalue weighted by atomic mass is 32.2.